The van der Waals surface area contributed by atoms with E-state index in [1.807, 2.05) is 12.1 Å². The molecule has 17 heavy (non-hydrogen) atoms. The first-order chi connectivity index (χ1) is 8.12. The lowest BCUT2D eigenvalue weighted by atomic mass is 10.0. The average molecular weight is 240 g/mol. The lowest BCUT2D eigenvalue weighted by Gasteiger charge is -2.15. The van der Waals surface area contributed by atoms with Gasteiger partial charge < -0.3 is 19.3 Å². The Morgan fingerprint density at radius 3 is 2.06 bits per heavy atom. The number of rotatable bonds is 6. The molecule has 0 radical (unpaired) electrons. The Morgan fingerprint density at radius 1 is 1.06 bits per heavy atom. The minimum Gasteiger partial charge on any atom is -0.496 e. The predicted octanol–water partition coefficient (Wildman–Crippen LogP) is 1.77. The number of benzene rings is 1. The smallest absolute Gasteiger partial charge is 0.124 e. The molecule has 1 unspecified atom stereocenters. The minimum atomic E-state index is -0.415. The van der Waals surface area contributed by atoms with Crippen LogP contribution >= 0.6 is 0 Å². The fourth-order valence-electron chi connectivity index (χ4n) is 1.77. The Balaban J connectivity index is 3.12. The molecule has 0 saturated carbocycles. The van der Waals surface area contributed by atoms with Crippen LogP contribution in [0.1, 0.15) is 18.1 Å². The quantitative estimate of drug-likeness (QED) is 0.823. The maximum Gasteiger partial charge on any atom is 0.124 e. The molecule has 0 aliphatic heterocycles. The molecule has 1 N–H and O–H groups in total. The fourth-order valence-corrected chi connectivity index (χ4v) is 1.77. The first-order valence-corrected chi connectivity index (χ1v) is 5.53. The van der Waals surface area contributed by atoms with E-state index in [0.717, 1.165) is 22.6 Å². The summed E-state index contributed by atoms with van der Waals surface area (Å²) in [6.45, 7) is 2.21. The molecule has 0 bridgehead atoms. The van der Waals surface area contributed by atoms with Crippen molar-refractivity contribution in [2.75, 3.05) is 21.3 Å². The average Bonchev–Trinajstić information content (AvgIpc) is 2.30. The van der Waals surface area contributed by atoms with Crippen molar-refractivity contribution < 1.29 is 19.3 Å². The number of hydrogen-bond donors (Lipinski definition) is 1. The number of hydrogen-bond acceptors (Lipinski definition) is 4. The third-order valence-electron chi connectivity index (χ3n) is 2.50. The zero-order valence-corrected chi connectivity index (χ0v) is 10.8. The molecule has 4 nitrogen and oxygen atoms in total. The van der Waals surface area contributed by atoms with Gasteiger partial charge in [-0.15, -0.1) is 0 Å². The van der Waals surface area contributed by atoms with Gasteiger partial charge >= 0.3 is 0 Å². The standard InChI is InChI=1S/C13H20O4/c1-9(14)5-10-6-13(17-4)11(8-15-2)7-12(10)16-3/h6-7,9,14H,5,8H2,1-4H3. The SMILES string of the molecule is COCc1cc(OC)c(CC(C)O)cc1OC. The van der Waals surface area contributed by atoms with Crippen LogP contribution < -0.4 is 9.47 Å². The summed E-state index contributed by atoms with van der Waals surface area (Å²) in [5, 5.41) is 9.44. The van der Waals surface area contributed by atoms with Crippen LogP contribution in [0.25, 0.3) is 0 Å². The number of aliphatic hydroxyl groups is 1. The molecular weight excluding hydrogens is 220 g/mol. The maximum atomic E-state index is 9.44. The summed E-state index contributed by atoms with van der Waals surface area (Å²) in [4.78, 5) is 0. The van der Waals surface area contributed by atoms with E-state index in [2.05, 4.69) is 0 Å². The van der Waals surface area contributed by atoms with Crippen molar-refractivity contribution >= 4 is 0 Å². The predicted molar refractivity (Wildman–Crippen MR) is 65.6 cm³/mol. The molecule has 0 aromatic heterocycles. The molecule has 0 amide bonds. The Morgan fingerprint density at radius 2 is 1.59 bits per heavy atom. The molecule has 0 aliphatic carbocycles. The van der Waals surface area contributed by atoms with Crippen LogP contribution in [0.5, 0.6) is 11.5 Å². The lowest BCUT2D eigenvalue weighted by molar-refractivity contribution is 0.180. The van der Waals surface area contributed by atoms with Gasteiger partial charge in [-0.1, -0.05) is 0 Å². The Bertz CT molecular complexity index is 361. The van der Waals surface area contributed by atoms with E-state index < -0.39 is 6.10 Å². The molecular formula is C13H20O4. The van der Waals surface area contributed by atoms with E-state index in [1.54, 1.807) is 28.3 Å². The first kappa shape index (κ1) is 13.8. The van der Waals surface area contributed by atoms with Gasteiger partial charge in [-0.2, -0.15) is 0 Å². The highest BCUT2D eigenvalue weighted by Crippen LogP contribution is 2.30. The number of ether oxygens (including phenoxy) is 3. The summed E-state index contributed by atoms with van der Waals surface area (Å²) in [7, 11) is 4.87. The monoisotopic (exact) mass is 240 g/mol. The third-order valence-corrected chi connectivity index (χ3v) is 2.50. The number of aliphatic hydroxyl groups excluding tert-OH is 1. The summed E-state index contributed by atoms with van der Waals surface area (Å²) in [6.07, 6.45) is 0.120. The van der Waals surface area contributed by atoms with Gasteiger partial charge in [0.25, 0.3) is 0 Å². The van der Waals surface area contributed by atoms with Gasteiger partial charge in [0.15, 0.2) is 0 Å². The maximum absolute atomic E-state index is 9.44. The largest absolute Gasteiger partial charge is 0.496 e. The van der Waals surface area contributed by atoms with Crippen molar-refractivity contribution in [3.63, 3.8) is 0 Å². The molecule has 0 aliphatic rings. The summed E-state index contributed by atoms with van der Waals surface area (Å²) >= 11 is 0. The van der Waals surface area contributed by atoms with Gasteiger partial charge in [0.1, 0.15) is 11.5 Å². The van der Waals surface area contributed by atoms with Gasteiger partial charge in [-0.3, -0.25) is 0 Å². The van der Waals surface area contributed by atoms with E-state index in [4.69, 9.17) is 14.2 Å². The van der Waals surface area contributed by atoms with Crippen LogP contribution in [0, 0.1) is 0 Å². The van der Waals surface area contributed by atoms with Crippen molar-refractivity contribution in [1.82, 2.24) is 0 Å². The topological polar surface area (TPSA) is 47.9 Å². The van der Waals surface area contributed by atoms with Crippen LogP contribution in [-0.2, 0) is 17.8 Å². The van der Waals surface area contributed by atoms with Crippen LogP contribution in [-0.4, -0.2) is 32.5 Å². The van der Waals surface area contributed by atoms with Crippen molar-refractivity contribution in [2.45, 2.75) is 26.1 Å². The molecule has 1 rings (SSSR count). The lowest BCUT2D eigenvalue weighted by Crippen LogP contribution is -2.07. The molecule has 1 aromatic rings. The Hall–Kier alpha value is -1.26. The minimum absolute atomic E-state index is 0.415. The van der Waals surface area contributed by atoms with Gasteiger partial charge in [0.2, 0.25) is 0 Å². The zero-order chi connectivity index (χ0) is 12.8. The Labute approximate surface area is 102 Å². The second-order valence-electron chi connectivity index (χ2n) is 3.96. The van der Waals surface area contributed by atoms with E-state index >= 15 is 0 Å². The van der Waals surface area contributed by atoms with E-state index in [1.165, 1.54) is 0 Å². The Kier molecular flexibility index (Phi) is 5.25. The summed E-state index contributed by atoms with van der Waals surface area (Å²) in [5.41, 5.74) is 1.86. The van der Waals surface area contributed by atoms with E-state index in [-0.39, 0.29) is 0 Å². The second kappa shape index (κ2) is 6.47. The summed E-state index contributed by atoms with van der Waals surface area (Å²) < 4.78 is 15.7. The van der Waals surface area contributed by atoms with Gasteiger partial charge in [0.05, 0.1) is 26.9 Å². The first-order valence-electron chi connectivity index (χ1n) is 5.53. The molecule has 0 saturated heterocycles. The molecule has 0 spiro atoms. The van der Waals surface area contributed by atoms with Crippen LogP contribution in [0.3, 0.4) is 0 Å². The van der Waals surface area contributed by atoms with Crippen molar-refractivity contribution in [2.24, 2.45) is 0 Å². The second-order valence-corrected chi connectivity index (χ2v) is 3.96. The molecule has 1 aromatic carbocycles. The highest BCUT2D eigenvalue weighted by atomic mass is 16.5. The molecule has 0 heterocycles. The number of methoxy groups -OCH3 is 3. The van der Waals surface area contributed by atoms with Crippen molar-refractivity contribution in [3.05, 3.63) is 23.3 Å². The van der Waals surface area contributed by atoms with Gasteiger partial charge in [-0.05, 0) is 19.1 Å². The normalized spacial score (nSPS) is 12.3. The fraction of sp³-hybridized carbons (Fsp3) is 0.538. The molecule has 4 heteroatoms. The highest BCUT2D eigenvalue weighted by Gasteiger charge is 2.12. The van der Waals surface area contributed by atoms with Crippen molar-refractivity contribution in [1.29, 1.82) is 0 Å². The third kappa shape index (κ3) is 3.61. The van der Waals surface area contributed by atoms with Crippen LogP contribution in [0.15, 0.2) is 12.1 Å². The summed E-state index contributed by atoms with van der Waals surface area (Å²) in [6, 6.07) is 3.78. The van der Waals surface area contributed by atoms with Crippen LogP contribution in [0.2, 0.25) is 0 Å². The van der Waals surface area contributed by atoms with Gasteiger partial charge in [0, 0.05) is 24.7 Å². The highest BCUT2D eigenvalue weighted by molar-refractivity contribution is 5.46. The van der Waals surface area contributed by atoms with Crippen LogP contribution in [0.4, 0.5) is 0 Å². The van der Waals surface area contributed by atoms with E-state index in [0.29, 0.717) is 13.0 Å². The van der Waals surface area contributed by atoms with E-state index in [9.17, 15) is 5.11 Å². The molecule has 96 valence electrons. The zero-order valence-electron chi connectivity index (χ0n) is 10.8. The molecule has 0 fully saturated rings. The van der Waals surface area contributed by atoms with Gasteiger partial charge in [-0.25, -0.2) is 0 Å². The summed E-state index contributed by atoms with van der Waals surface area (Å²) in [5.74, 6) is 1.50. The molecule has 1 atom stereocenters. The van der Waals surface area contributed by atoms with Crippen molar-refractivity contribution in [3.8, 4) is 11.5 Å².